The van der Waals surface area contributed by atoms with E-state index in [-0.39, 0.29) is 6.10 Å². The maximum Gasteiger partial charge on any atom is 0.196 e. The van der Waals surface area contributed by atoms with Crippen LogP contribution in [0.25, 0.3) is 17.1 Å². The summed E-state index contributed by atoms with van der Waals surface area (Å²) in [6.45, 7) is 3.48. The molecule has 0 unspecified atom stereocenters. The van der Waals surface area contributed by atoms with Crippen molar-refractivity contribution in [3.05, 3.63) is 53.6 Å². The molecular formula is C22H24ClN3O2S. The third-order valence-electron chi connectivity index (χ3n) is 4.81. The first-order valence-electron chi connectivity index (χ1n) is 9.93. The molecule has 0 bridgehead atoms. The normalized spacial score (nSPS) is 16.7. The van der Waals surface area contributed by atoms with Crippen molar-refractivity contribution in [1.82, 2.24) is 14.8 Å². The molecule has 1 aliphatic rings. The van der Waals surface area contributed by atoms with Crippen molar-refractivity contribution in [2.24, 2.45) is 0 Å². The Bertz CT molecular complexity index is 922. The summed E-state index contributed by atoms with van der Waals surface area (Å²) in [5.74, 6) is 2.51. The molecule has 7 heteroatoms. The van der Waals surface area contributed by atoms with Crippen LogP contribution in [-0.2, 0) is 4.74 Å². The fraction of sp³-hybridized carbons (Fsp3) is 0.364. The Kier molecular flexibility index (Phi) is 6.74. The number of nitrogens with zero attached hydrogens (tertiary/aromatic N) is 3. The van der Waals surface area contributed by atoms with Crippen molar-refractivity contribution in [2.45, 2.75) is 37.4 Å². The first kappa shape index (κ1) is 20.3. The molecule has 0 aliphatic carbocycles. The van der Waals surface area contributed by atoms with E-state index >= 15 is 0 Å². The van der Waals surface area contributed by atoms with Crippen molar-refractivity contribution in [1.29, 1.82) is 0 Å². The molecular weight excluding hydrogens is 406 g/mol. The van der Waals surface area contributed by atoms with Gasteiger partial charge in [-0.3, -0.25) is 4.57 Å². The van der Waals surface area contributed by atoms with E-state index in [1.807, 2.05) is 55.5 Å². The van der Waals surface area contributed by atoms with E-state index in [1.54, 1.807) is 11.8 Å². The Morgan fingerprint density at radius 3 is 2.59 bits per heavy atom. The minimum Gasteiger partial charge on any atom is -0.494 e. The predicted molar refractivity (Wildman–Crippen MR) is 117 cm³/mol. The van der Waals surface area contributed by atoms with Gasteiger partial charge in [0.1, 0.15) is 5.75 Å². The van der Waals surface area contributed by atoms with E-state index in [9.17, 15) is 0 Å². The first-order valence-corrected chi connectivity index (χ1v) is 11.3. The number of hydrogen-bond acceptors (Lipinski definition) is 5. The predicted octanol–water partition coefficient (Wildman–Crippen LogP) is 5.65. The van der Waals surface area contributed by atoms with E-state index in [0.29, 0.717) is 11.6 Å². The highest BCUT2D eigenvalue weighted by atomic mass is 35.5. The summed E-state index contributed by atoms with van der Waals surface area (Å²) in [5.41, 5.74) is 1.96. The van der Waals surface area contributed by atoms with Crippen LogP contribution in [0.3, 0.4) is 0 Å². The number of thioether (sulfide) groups is 1. The molecule has 2 heterocycles. The van der Waals surface area contributed by atoms with Crippen molar-refractivity contribution in [3.63, 3.8) is 0 Å². The molecule has 0 N–H and O–H groups in total. The van der Waals surface area contributed by atoms with Crippen LogP contribution in [0.5, 0.6) is 5.75 Å². The molecule has 1 atom stereocenters. The summed E-state index contributed by atoms with van der Waals surface area (Å²) in [5, 5.41) is 10.5. The van der Waals surface area contributed by atoms with Crippen molar-refractivity contribution >= 4 is 23.4 Å². The third kappa shape index (κ3) is 4.94. The zero-order chi connectivity index (χ0) is 20.1. The number of ether oxygens (including phenoxy) is 2. The average molecular weight is 430 g/mol. The van der Waals surface area contributed by atoms with Gasteiger partial charge in [0, 0.05) is 28.6 Å². The molecule has 0 amide bonds. The largest absolute Gasteiger partial charge is 0.494 e. The lowest BCUT2D eigenvalue weighted by molar-refractivity contribution is 0.0315. The number of hydrogen-bond donors (Lipinski definition) is 0. The zero-order valence-corrected chi connectivity index (χ0v) is 18.0. The van der Waals surface area contributed by atoms with Crippen molar-refractivity contribution in [3.8, 4) is 22.8 Å². The molecule has 152 valence electrons. The SMILES string of the molecule is CCOc1ccc(-n2c(SC[C@@H]3CCCCO3)nnc2-c2ccc(Cl)cc2)cc1. The summed E-state index contributed by atoms with van der Waals surface area (Å²) < 4.78 is 13.6. The number of halogens is 1. The van der Waals surface area contributed by atoms with Crippen LogP contribution in [0.4, 0.5) is 0 Å². The molecule has 1 aliphatic heterocycles. The Morgan fingerprint density at radius 1 is 1.10 bits per heavy atom. The minimum absolute atomic E-state index is 0.276. The van der Waals surface area contributed by atoms with Crippen LogP contribution in [0.15, 0.2) is 53.7 Å². The summed E-state index contributed by atoms with van der Waals surface area (Å²) in [4.78, 5) is 0. The van der Waals surface area contributed by atoms with Gasteiger partial charge in [0.2, 0.25) is 0 Å². The van der Waals surface area contributed by atoms with Gasteiger partial charge in [0.05, 0.1) is 12.7 Å². The fourth-order valence-electron chi connectivity index (χ4n) is 3.35. The van der Waals surface area contributed by atoms with E-state index in [4.69, 9.17) is 21.1 Å². The maximum absolute atomic E-state index is 6.07. The first-order chi connectivity index (χ1) is 14.2. The monoisotopic (exact) mass is 429 g/mol. The van der Waals surface area contributed by atoms with Gasteiger partial charge in [-0.2, -0.15) is 0 Å². The average Bonchev–Trinajstić information content (AvgIpc) is 3.18. The van der Waals surface area contributed by atoms with E-state index in [0.717, 1.165) is 53.2 Å². The Morgan fingerprint density at radius 2 is 1.90 bits per heavy atom. The highest BCUT2D eigenvalue weighted by Crippen LogP contribution is 2.31. The molecule has 3 aromatic rings. The Hall–Kier alpha value is -2.02. The summed E-state index contributed by atoms with van der Waals surface area (Å²) >= 11 is 7.76. The van der Waals surface area contributed by atoms with Gasteiger partial charge >= 0.3 is 0 Å². The summed E-state index contributed by atoms with van der Waals surface area (Å²) in [6.07, 6.45) is 3.77. The lowest BCUT2D eigenvalue weighted by Crippen LogP contribution is -2.21. The highest BCUT2D eigenvalue weighted by Gasteiger charge is 2.20. The van der Waals surface area contributed by atoms with Crippen LogP contribution in [0, 0.1) is 0 Å². The number of rotatable bonds is 7. The molecule has 0 saturated carbocycles. The second-order valence-corrected chi connectivity index (χ2v) is 8.30. The number of aromatic nitrogens is 3. The van der Waals surface area contributed by atoms with Crippen LogP contribution < -0.4 is 4.74 Å². The molecule has 0 spiro atoms. The van der Waals surface area contributed by atoms with E-state index in [1.165, 1.54) is 6.42 Å². The van der Waals surface area contributed by atoms with Crippen molar-refractivity contribution in [2.75, 3.05) is 19.0 Å². The lowest BCUT2D eigenvalue weighted by Gasteiger charge is -2.22. The molecule has 29 heavy (non-hydrogen) atoms. The number of benzene rings is 2. The van der Waals surface area contributed by atoms with E-state index < -0.39 is 0 Å². The van der Waals surface area contributed by atoms with Crippen LogP contribution in [0.2, 0.25) is 5.02 Å². The molecule has 1 aromatic heterocycles. The lowest BCUT2D eigenvalue weighted by atomic mass is 10.1. The molecule has 2 aromatic carbocycles. The molecule has 5 nitrogen and oxygen atoms in total. The minimum atomic E-state index is 0.276. The fourth-order valence-corrected chi connectivity index (χ4v) is 4.49. The van der Waals surface area contributed by atoms with Gasteiger partial charge < -0.3 is 9.47 Å². The van der Waals surface area contributed by atoms with Gasteiger partial charge in [-0.15, -0.1) is 10.2 Å². The van der Waals surface area contributed by atoms with Gasteiger partial charge in [-0.25, -0.2) is 0 Å². The van der Waals surface area contributed by atoms with Gasteiger partial charge in [0.15, 0.2) is 11.0 Å². The van der Waals surface area contributed by atoms with Crippen LogP contribution in [0.1, 0.15) is 26.2 Å². The Labute approximate surface area is 180 Å². The second kappa shape index (κ2) is 9.65. The molecule has 1 fully saturated rings. The van der Waals surface area contributed by atoms with E-state index in [2.05, 4.69) is 14.8 Å². The molecule has 4 rings (SSSR count). The van der Waals surface area contributed by atoms with Gasteiger partial charge in [0.25, 0.3) is 0 Å². The molecule has 1 saturated heterocycles. The Balaban J connectivity index is 1.66. The summed E-state index contributed by atoms with van der Waals surface area (Å²) in [6, 6.07) is 15.7. The van der Waals surface area contributed by atoms with Gasteiger partial charge in [-0.1, -0.05) is 23.4 Å². The third-order valence-corrected chi connectivity index (χ3v) is 6.13. The summed E-state index contributed by atoms with van der Waals surface area (Å²) in [7, 11) is 0. The highest BCUT2D eigenvalue weighted by molar-refractivity contribution is 7.99. The smallest absolute Gasteiger partial charge is 0.196 e. The van der Waals surface area contributed by atoms with Crippen molar-refractivity contribution < 1.29 is 9.47 Å². The van der Waals surface area contributed by atoms with Crippen LogP contribution in [-0.4, -0.2) is 39.8 Å². The maximum atomic E-state index is 6.07. The second-order valence-electron chi connectivity index (χ2n) is 6.87. The topological polar surface area (TPSA) is 49.2 Å². The molecule has 0 radical (unpaired) electrons. The van der Waals surface area contributed by atoms with Crippen LogP contribution >= 0.6 is 23.4 Å². The standard InChI is InChI=1S/C22H24ClN3O2S/c1-2-27-19-12-10-18(11-13-19)26-21(16-6-8-17(23)9-7-16)24-25-22(26)29-15-20-5-3-4-14-28-20/h6-13,20H,2-5,14-15H2,1H3/t20-/m0/s1. The van der Waals surface area contributed by atoms with Gasteiger partial charge in [-0.05, 0) is 74.7 Å². The zero-order valence-electron chi connectivity index (χ0n) is 16.4. The quantitative estimate of drug-likeness (QED) is 0.454.